The van der Waals surface area contributed by atoms with Crippen LogP contribution in [0.2, 0.25) is 0 Å². The molecule has 1 aliphatic rings. The Balaban J connectivity index is 1.47. The van der Waals surface area contributed by atoms with E-state index in [1.165, 1.54) is 0 Å². The van der Waals surface area contributed by atoms with Crippen LogP contribution >= 0.6 is 0 Å². The summed E-state index contributed by atoms with van der Waals surface area (Å²) in [4.78, 5) is 37.9. The number of benzene rings is 1. The summed E-state index contributed by atoms with van der Waals surface area (Å²) in [6, 6.07) is 11.2. The van der Waals surface area contributed by atoms with E-state index in [1.807, 2.05) is 31.2 Å². The number of fused-ring (bicyclic) bond motifs is 1. The molecule has 138 valence electrons. The first-order valence-electron chi connectivity index (χ1n) is 9.02. The van der Waals surface area contributed by atoms with Gasteiger partial charge in [0.15, 0.2) is 0 Å². The zero-order chi connectivity index (χ0) is 18.8. The Hall–Kier alpha value is -3.22. The van der Waals surface area contributed by atoms with Crippen molar-refractivity contribution in [2.24, 2.45) is 0 Å². The summed E-state index contributed by atoms with van der Waals surface area (Å²) in [6.45, 7) is 4.49. The fourth-order valence-corrected chi connectivity index (χ4v) is 3.47. The molecule has 0 bridgehead atoms. The summed E-state index contributed by atoms with van der Waals surface area (Å²) < 4.78 is 1.57. The first-order valence-corrected chi connectivity index (χ1v) is 9.02. The van der Waals surface area contributed by atoms with Crippen LogP contribution in [0.15, 0.2) is 53.6 Å². The normalized spacial score (nSPS) is 14.6. The van der Waals surface area contributed by atoms with Gasteiger partial charge in [-0.25, -0.2) is 9.97 Å². The zero-order valence-corrected chi connectivity index (χ0v) is 15.2. The SMILES string of the molecule is Cc1cc2ccccc2c(=O)n1CC(=O)N1CCN(c2ncccn2)CC1. The van der Waals surface area contributed by atoms with Gasteiger partial charge in [0.2, 0.25) is 11.9 Å². The molecule has 4 rings (SSSR count). The van der Waals surface area contributed by atoms with E-state index in [-0.39, 0.29) is 18.0 Å². The van der Waals surface area contributed by atoms with Crippen molar-refractivity contribution in [2.75, 3.05) is 31.1 Å². The highest BCUT2D eigenvalue weighted by Gasteiger charge is 2.23. The van der Waals surface area contributed by atoms with E-state index in [4.69, 9.17) is 0 Å². The molecule has 1 aromatic carbocycles. The highest BCUT2D eigenvalue weighted by Crippen LogP contribution is 2.13. The Morgan fingerprint density at radius 2 is 1.74 bits per heavy atom. The lowest BCUT2D eigenvalue weighted by Gasteiger charge is -2.34. The van der Waals surface area contributed by atoms with Crippen LogP contribution in [0, 0.1) is 6.92 Å². The van der Waals surface area contributed by atoms with Gasteiger partial charge in [-0.05, 0) is 30.5 Å². The largest absolute Gasteiger partial charge is 0.338 e. The van der Waals surface area contributed by atoms with Crippen LogP contribution in [-0.4, -0.2) is 51.5 Å². The van der Waals surface area contributed by atoms with Crippen LogP contribution < -0.4 is 10.5 Å². The topological polar surface area (TPSA) is 71.3 Å². The molecule has 1 aliphatic heterocycles. The molecule has 0 N–H and O–H groups in total. The van der Waals surface area contributed by atoms with E-state index in [0.29, 0.717) is 37.5 Å². The number of rotatable bonds is 3. The van der Waals surface area contributed by atoms with E-state index in [9.17, 15) is 9.59 Å². The minimum Gasteiger partial charge on any atom is -0.338 e. The second-order valence-electron chi connectivity index (χ2n) is 6.68. The summed E-state index contributed by atoms with van der Waals surface area (Å²) >= 11 is 0. The minimum absolute atomic E-state index is 0.0379. The van der Waals surface area contributed by atoms with Crippen LogP contribution in [0.25, 0.3) is 10.8 Å². The maximum absolute atomic E-state index is 12.8. The molecule has 0 aliphatic carbocycles. The maximum atomic E-state index is 12.8. The Morgan fingerprint density at radius 1 is 1.04 bits per heavy atom. The monoisotopic (exact) mass is 363 g/mol. The van der Waals surface area contributed by atoms with Gasteiger partial charge in [-0.15, -0.1) is 0 Å². The third-order valence-corrected chi connectivity index (χ3v) is 4.99. The van der Waals surface area contributed by atoms with Gasteiger partial charge in [0.25, 0.3) is 5.56 Å². The van der Waals surface area contributed by atoms with Crippen LogP contribution in [0.3, 0.4) is 0 Å². The van der Waals surface area contributed by atoms with E-state index >= 15 is 0 Å². The summed E-state index contributed by atoms with van der Waals surface area (Å²) in [7, 11) is 0. The Labute approximate surface area is 156 Å². The van der Waals surface area contributed by atoms with Crippen molar-refractivity contribution in [2.45, 2.75) is 13.5 Å². The van der Waals surface area contributed by atoms with Gasteiger partial charge >= 0.3 is 0 Å². The first kappa shape index (κ1) is 17.2. The average molecular weight is 363 g/mol. The number of carbonyl (C=O) groups excluding carboxylic acids is 1. The van der Waals surface area contributed by atoms with Crippen molar-refractivity contribution in [3.8, 4) is 0 Å². The van der Waals surface area contributed by atoms with Gasteiger partial charge in [0, 0.05) is 49.7 Å². The molecule has 27 heavy (non-hydrogen) atoms. The molecule has 0 atom stereocenters. The fourth-order valence-electron chi connectivity index (χ4n) is 3.47. The third kappa shape index (κ3) is 3.40. The molecule has 2 aromatic heterocycles. The lowest BCUT2D eigenvalue weighted by Crippen LogP contribution is -2.50. The molecule has 3 heterocycles. The summed E-state index contributed by atoms with van der Waals surface area (Å²) in [5, 5.41) is 1.54. The molecule has 7 heteroatoms. The zero-order valence-electron chi connectivity index (χ0n) is 15.2. The summed E-state index contributed by atoms with van der Waals surface area (Å²) in [6.07, 6.45) is 3.43. The number of hydrogen-bond donors (Lipinski definition) is 0. The summed E-state index contributed by atoms with van der Waals surface area (Å²) in [5.74, 6) is 0.648. The number of hydrogen-bond acceptors (Lipinski definition) is 5. The maximum Gasteiger partial charge on any atom is 0.259 e. The standard InChI is InChI=1S/C20H21N5O2/c1-15-13-16-5-2-3-6-17(16)19(27)25(15)14-18(26)23-9-11-24(12-10-23)20-21-7-4-8-22-20/h2-8,13H,9-12,14H2,1H3. The molecule has 0 spiro atoms. The summed E-state index contributed by atoms with van der Waals surface area (Å²) in [5.41, 5.74) is 0.679. The molecule has 7 nitrogen and oxygen atoms in total. The number of aryl methyl sites for hydroxylation is 1. The number of nitrogens with zero attached hydrogens (tertiary/aromatic N) is 5. The Bertz CT molecular complexity index is 1020. The number of amides is 1. The van der Waals surface area contributed by atoms with Crippen molar-refractivity contribution < 1.29 is 4.79 Å². The van der Waals surface area contributed by atoms with Crippen molar-refractivity contribution in [1.29, 1.82) is 0 Å². The quantitative estimate of drug-likeness (QED) is 0.704. The Kier molecular flexibility index (Phi) is 4.58. The number of carbonyl (C=O) groups is 1. The molecule has 1 amide bonds. The Morgan fingerprint density at radius 3 is 2.48 bits per heavy atom. The second-order valence-corrected chi connectivity index (χ2v) is 6.68. The van der Waals surface area contributed by atoms with E-state index in [0.717, 1.165) is 11.1 Å². The van der Waals surface area contributed by atoms with Crippen LogP contribution in [0.5, 0.6) is 0 Å². The van der Waals surface area contributed by atoms with Crippen LogP contribution in [0.4, 0.5) is 5.95 Å². The molecule has 1 fully saturated rings. The molecule has 1 saturated heterocycles. The smallest absolute Gasteiger partial charge is 0.259 e. The highest BCUT2D eigenvalue weighted by molar-refractivity contribution is 5.83. The predicted octanol–water partition coefficient (Wildman–Crippen LogP) is 1.45. The first-order chi connectivity index (χ1) is 13.1. The molecule has 3 aromatic rings. The molecular weight excluding hydrogens is 342 g/mol. The number of piperazine rings is 1. The van der Waals surface area contributed by atoms with Crippen LogP contribution in [-0.2, 0) is 11.3 Å². The van der Waals surface area contributed by atoms with E-state index in [1.54, 1.807) is 34.0 Å². The van der Waals surface area contributed by atoms with Crippen molar-refractivity contribution in [3.63, 3.8) is 0 Å². The van der Waals surface area contributed by atoms with Gasteiger partial charge in [-0.3, -0.25) is 9.59 Å². The number of pyridine rings is 1. The van der Waals surface area contributed by atoms with E-state index in [2.05, 4.69) is 14.9 Å². The van der Waals surface area contributed by atoms with E-state index < -0.39 is 0 Å². The molecular formula is C20H21N5O2. The van der Waals surface area contributed by atoms with Crippen molar-refractivity contribution in [1.82, 2.24) is 19.4 Å². The highest BCUT2D eigenvalue weighted by atomic mass is 16.2. The average Bonchev–Trinajstić information content (AvgIpc) is 2.72. The van der Waals surface area contributed by atoms with Gasteiger partial charge in [0.1, 0.15) is 6.54 Å². The number of anilines is 1. The van der Waals surface area contributed by atoms with Crippen molar-refractivity contribution in [3.05, 3.63) is 64.8 Å². The molecule has 0 radical (unpaired) electrons. The lowest BCUT2D eigenvalue weighted by atomic mass is 10.1. The third-order valence-electron chi connectivity index (χ3n) is 4.99. The van der Waals surface area contributed by atoms with Gasteiger partial charge < -0.3 is 14.4 Å². The van der Waals surface area contributed by atoms with Gasteiger partial charge in [0.05, 0.1) is 0 Å². The second kappa shape index (κ2) is 7.19. The molecule has 0 saturated carbocycles. The molecule has 0 unspecified atom stereocenters. The van der Waals surface area contributed by atoms with Crippen LogP contribution in [0.1, 0.15) is 5.69 Å². The number of aromatic nitrogens is 3. The lowest BCUT2D eigenvalue weighted by molar-refractivity contribution is -0.132. The van der Waals surface area contributed by atoms with Crippen molar-refractivity contribution >= 4 is 22.6 Å². The minimum atomic E-state index is -0.115. The predicted molar refractivity (Wildman–Crippen MR) is 104 cm³/mol. The van der Waals surface area contributed by atoms with Gasteiger partial charge in [-0.2, -0.15) is 0 Å². The fraction of sp³-hybridized carbons (Fsp3) is 0.300. The van der Waals surface area contributed by atoms with Gasteiger partial charge in [-0.1, -0.05) is 18.2 Å².